The number of nitrogens with zero attached hydrogens (tertiary/aromatic N) is 1. The number of benzene rings is 2. The lowest BCUT2D eigenvalue weighted by Gasteiger charge is -2.14. The summed E-state index contributed by atoms with van der Waals surface area (Å²) in [6.07, 6.45) is 0.0161. The molecule has 0 bridgehead atoms. The van der Waals surface area contributed by atoms with Crippen molar-refractivity contribution < 1.29 is 28.3 Å². The van der Waals surface area contributed by atoms with E-state index in [1.807, 2.05) is 32.0 Å². The average molecular weight is 441 g/mol. The van der Waals surface area contributed by atoms with Gasteiger partial charge in [-0.15, -0.1) is 0 Å². The molecule has 7 heteroatoms. The van der Waals surface area contributed by atoms with Crippen LogP contribution in [-0.2, 0) is 17.8 Å². The summed E-state index contributed by atoms with van der Waals surface area (Å²) in [5, 5.41) is 12.8. The van der Waals surface area contributed by atoms with Crippen LogP contribution in [0.5, 0.6) is 11.5 Å². The molecule has 3 rings (SSSR count). The molecule has 170 valence electrons. The molecule has 1 aromatic heterocycles. The summed E-state index contributed by atoms with van der Waals surface area (Å²) < 4.78 is 31.4. The Morgan fingerprint density at radius 1 is 1.12 bits per heavy atom. The Balaban J connectivity index is 1.80. The van der Waals surface area contributed by atoms with Crippen LogP contribution in [0, 0.1) is 25.6 Å². The van der Waals surface area contributed by atoms with Crippen LogP contribution in [-0.4, -0.2) is 22.8 Å². The van der Waals surface area contributed by atoms with Crippen molar-refractivity contribution in [3.63, 3.8) is 0 Å². The van der Waals surface area contributed by atoms with Crippen LogP contribution >= 0.6 is 0 Å². The van der Waals surface area contributed by atoms with E-state index in [2.05, 4.69) is 19.0 Å². The van der Waals surface area contributed by atoms with Crippen molar-refractivity contribution in [1.82, 2.24) is 5.16 Å². The molecule has 0 amide bonds. The molecule has 0 atom stereocenters. The van der Waals surface area contributed by atoms with Crippen LogP contribution in [0.4, 0.5) is 4.39 Å². The molecule has 3 aromatic rings. The molecule has 0 radical (unpaired) electrons. The van der Waals surface area contributed by atoms with Crippen molar-refractivity contribution in [2.45, 2.75) is 47.1 Å². The number of carboxylic acid groups (broad SMARTS) is 1. The van der Waals surface area contributed by atoms with Crippen molar-refractivity contribution in [3.8, 4) is 22.6 Å². The fourth-order valence-corrected chi connectivity index (χ4v) is 3.36. The number of hydrogen-bond acceptors (Lipinski definition) is 5. The summed E-state index contributed by atoms with van der Waals surface area (Å²) in [4.78, 5) is 10.7. The number of hydrogen-bond donors (Lipinski definition) is 1. The smallest absolute Gasteiger partial charge is 0.303 e. The van der Waals surface area contributed by atoms with Crippen LogP contribution < -0.4 is 9.47 Å². The SMILES string of the molecule is Cc1noc(C)c1-c1cc(COc2ccc(CCC(=O)O)c(F)c2)cc(OCC(C)C)c1. The Morgan fingerprint density at radius 3 is 2.53 bits per heavy atom. The van der Waals surface area contributed by atoms with Gasteiger partial charge in [-0.25, -0.2) is 4.39 Å². The molecule has 1 N–H and O–H groups in total. The summed E-state index contributed by atoms with van der Waals surface area (Å²) in [7, 11) is 0. The first-order valence-electron chi connectivity index (χ1n) is 10.6. The van der Waals surface area contributed by atoms with Crippen molar-refractivity contribution in [2.24, 2.45) is 5.92 Å². The molecule has 0 aliphatic rings. The lowest BCUT2D eigenvalue weighted by Crippen LogP contribution is -2.05. The number of rotatable bonds is 10. The molecule has 1 heterocycles. The first-order valence-corrected chi connectivity index (χ1v) is 10.6. The highest BCUT2D eigenvalue weighted by Gasteiger charge is 2.15. The molecule has 0 spiro atoms. The van der Waals surface area contributed by atoms with E-state index in [9.17, 15) is 9.18 Å². The van der Waals surface area contributed by atoms with Crippen molar-refractivity contribution >= 4 is 5.97 Å². The van der Waals surface area contributed by atoms with E-state index in [0.717, 1.165) is 28.1 Å². The molecule has 32 heavy (non-hydrogen) atoms. The van der Waals surface area contributed by atoms with Crippen molar-refractivity contribution in [2.75, 3.05) is 6.61 Å². The standard InChI is InChI=1S/C25H28FNO5/c1-15(2)13-30-22-10-18(9-20(11-22)25-16(3)27-32-17(25)4)14-31-21-7-5-19(23(26)12-21)6-8-24(28)29/h5,7,9-12,15H,6,8,13-14H2,1-4H3,(H,28,29). The van der Waals surface area contributed by atoms with Gasteiger partial charge in [-0.05, 0) is 67.1 Å². The Labute approximate surface area is 187 Å². The Morgan fingerprint density at radius 2 is 1.91 bits per heavy atom. The third-order valence-electron chi connectivity index (χ3n) is 4.91. The van der Waals surface area contributed by atoms with Gasteiger partial charge in [-0.3, -0.25) is 4.79 Å². The quantitative estimate of drug-likeness (QED) is 0.433. The zero-order chi connectivity index (χ0) is 23.3. The minimum absolute atomic E-state index is 0.120. The van der Waals surface area contributed by atoms with Gasteiger partial charge in [-0.2, -0.15) is 0 Å². The maximum absolute atomic E-state index is 14.3. The molecule has 0 saturated carbocycles. The number of carbonyl (C=O) groups is 1. The van der Waals surface area contributed by atoms with Gasteiger partial charge in [0.2, 0.25) is 0 Å². The van der Waals surface area contributed by atoms with Crippen LogP contribution in [0.1, 0.15) is 42.8 Å². The van der Waals surface area contributed by atoms with Gasteiger partial charge < -0.3 is 19.1 Å². The molecular weight excluding hydrogens is 413 g/mol. The summed E-state index contributed by atoms with van der Waals surface area (Å²) in [6, 6.07) is 10.3. The van der Waals surface area contributed by atoms with E-state index >= 15 is 0 Å². The maximum atomic E-state index is 14.3. The molecular formula is C25H28FNO5. The van der Waals surface area contributed by atoms with E-state index < -0.39 is 11.8 Å². The summed E-state index contributed by atoms with van der Waals surface area (Å²) in [5.41, 5.74) is 3.82. The number of aliphatic carboxylic acids is 1. The van der Waals surface area contributed by atoms with Crippen LogP contribution in [0.3, 0.4) is 0 Å². The van der Waals surface area contributed by atoms with Crippen molar-refractivity contribution in [1.29, 1.82) is 0 Å². The van der Waals surface area contributed by atoms with Gasteiger partial charge >= 0.3 is 5.97 Å². The Bertz CT molecular complexity index is 1070. The molecule has 6 nitrogen and oxygen atoms in total. The zero-order valence-electron chi connectivity index (χ0n) is 18.8. The van der Waals surface area contributed by atoms with E-state index in [1.165, 1.54) is 6.07 Å². The fraction of sp³-hybridized carbons (Fsp3) is 0.360. The topological polar surface area (TPSA) is 81.8 Å². The minimum Gasteiger partial charge on any atom is -0.493 e. The van der Waals surface area contributed by atoms with E-state index in [1.54, 1.807) is 12.1 Å². The van der Waals surface area contributed by atoms with Crippen LogP contribution in [0.25, 0.3) is 11.1 Å². The summed E-state index contributed by atoms with van der Waals surface area (Å²) >= 11 is 0. The highest BCUT2D eigenvalue weighted by molar-refractivity contribution is 5.70. The number of aromatic nitrogens is 1. The average Bonchev–Trinajstić information content (AvgIpc) is 3.07. The Hall–Kier alpha value is -3.35. The molecule has 0 aliphatic carbocycles. The largest absolute Gasteiger partial charge is 0.493 e. The van der Waals surface area contributed by atoms with Crippen molar-refractivity contribution in [3.05, 3.63) is 64.8 Å². The third-order valence-corrected chi connectivity index (χ3v) is 4.91. The van der Waals surface area contributed by atoms with E-state index in [0.29, 0.717) is 29.6 Å². The second-order valence-electron chi connectivity index (χ2n) is 8.21. The third kappa shape index (κ3) is 6.09. The molecule has 2 aromatic carbocycles. The number of aryl methyl sites for hydroxylation is 3. The van der Waals surface area contributed by atoms with E-state index in [4.69, 9.17) is 19.1 Å². The van der Waals surface area contributed by atoms with Gasteiger partial charge in [0.15, 0.2) is 0 Å². The maximum Gasteiger partial charge on any atom is 0.303 e. The summed E-state index contributed by atoms with van der Waals surface area (Å²) in [5.74, 6) is 0.737. The lowest BCUT2D eigenvalue weighted by atomic mass is 10.0. The van der Waals surface area contributed by atoms with Crippen LogP contribution in [0.15, 0.2) is 40.9 Å². The normalized spacial score (nSPS) is 11.1. The number of halogens is 1. The lowest BCUT2D eigenvalue weighted by molar-refractivity contribution is -0.136. The summed E-state index contributed by atoms with van der Waals surface area (Å²) in [6.45, 7) is 8.70. The van der Waals surface area contributed by atoms with Gasteiger partial charge in [0, 0.05) is 18.1 Å². The van der Waals surface area contributed by atoms with E-state index in [-0.39, 0.29) is 19.4 Å². The first kappa shape index (κ1) is 23.3. The number of carboxylic acids is 1. The highest BCUT2D eigenvalue weighted by atomic mass is 19.1. The Kier molecular flexibility index (Phi) is 7.51. The van der Waals surface area contributed by atoms with Gasteiger partial charge in [0.05, 0.1) is 12.3 Å². The second-order valence-corrected chi connectivity index (χ2v) is 8.21. The molecule has 0 unspecified atom stereocenters. The van der Waals surface area contributed by atoms with Gasteiger partial charge in [-0.1, -0.05) is 25.1 Å². The zero-order valence-corrected chi connectivity index (χ0v) is 18.8. The minimum atomic E-state index is -0.960. The van der Waals surface area contributed by atoms with Crippen LogP contribution in [0.2, 0.25) is 0 Å². The molecule has 0 aliphatic heterocycles. The molecule has 0 saturated heterocycles. The first-order chi connectivity index (χ1) is 15.2. The highest BCUT2D eigenvalue weighted by Crippen LogP contribution is 2.32. The molecule has 0 fully saturated rings. The number of ether oxygens (including phenoxy) is 2. The second kappa shape index (κ2) is 10.3. The van der Waals surface area contributed by atoms with Gasteiger partial charge in [0.1, 0.15) is 29.7 Å². The fourth-order valence-electron chi connectivity index (χ4n) is 3.36. The predicted molar refractivity (Wildman–Crippen MR) is 118 cm³/mol. The monoisotopic (exact) mass is 441 g/mol. The van der Waals surface area contributed by atoms with Gasteiger partial charge in [0.25, 0.3) is 0 Å². The predicted octanol–water partition coefficient (Wildman–Crippen LogP) is 5.73.